The van der Waals surface area contributed by atoms with Crippen LogP contribution in [0.2, 0.25) is 0 Å². The van der Waals surface area contributed by atoms with Gasteiger partial charge in [0.25, 0.3) is 5.91 Å². The third-order valence-corrected chi connectivity index (χ3v) is 2.76. The molecule has 0 bridgehead atoms. The highest BCUT2D eigenvalue weighted by Crippen LogP contribution is 2.29. The summed E-state index contributed by atoms with van der Waals surface area (Å²) in [5, 5.41) is 5.87. The van der Waals surface area contributed by atoms with Gasteiger partial charge in [-0.05, 0) is 31.7 Å². The lowest BCUT2D eigenvalue weighted by Crippen LogP contribution is -2.38. The molecule has 0 unspecified atom stereocenters. The van der Waals surface area contributed by atoms with Crippen molar-refractivity contribution in [2.45, 2.75) is 26.5 Å². The SMILES string of the molecule is CCN[C@H](C)CNC(=O)c1ccc(OC)c(OC(F)F)c1. The topological polar surface area (TPSA) is 59.6 Å². The summed E-state index contributed by atoms with van der Waals surface area (Å²) in [6, 6.07) is 4.26. The van der Waals surface area contributed by atoms with E-state index < -0.39 is 6.61 Å². The van der Waals surface area contributed by atoms with Gasteiger partial charge in [0.1, 0.15) is 0 Å². The summed E-state index contributed by atoms with van der Waals surface area (Å²) in [5.74, 6) is -0.380. The number of rotatable bonds is 8. The molecule has 0 fully saturated rings. The van der Waals surface area contributed by atoms with Gasteiger partial charge >= 0.3 is 6.61 Å². The monoisotopic (exact) mass is 302 g/mol. The Hall–Kier alpha value is -1.89. The molecular formula is C14H20F2N2O3. The Morgan fingerprint density at radius 3 is 2.62 bits per heavy atom. The zero-order valence-electron chi connectivity index (χ0n) is 12.3. The minimum Gasteiger partial charge on any atom is -0.493 e. The predicted molar refractivity (Wildman–Crippen MR) is 75.1 cm³/mol. The number of hydrogen-bond donors (Lipinski definition) is 2. The van der Waals surface area contributed by atoms with Gasteiger partial charge < -0.3 is 20.1 Å². The molecule has 0 aliphatic heterocycles. The molecule has 0 spiro atoms. The number of likely N-dealkylation sites (N-methyl/N-ethyl adjacent to an activating group) is 1. The first kappa shape index (κ1) is 17.2. The molecule has 1 aromatic carbocycles. The summed E-state index contributed by atoms with van der Waals surface area (Å²) in [7, 11) is 1.34. The summed E-state index contributed by atoms with van der Waals surface area (Å²) >= 11 is 0. The van der Waals surface area contributed by atoms with Crippen molar-refractivity contribution >= 4 is 5.91 Å². The number of nitrogens with one attached hydrogen (secondary N) is 2. The van der Waals surface area contributed by atoms with Crippen LogP contribution in [0, 0.1) is 0 Å². The van der Waals surface area contributed by atoms with Gasteiger partial charge in [-0.25, -0.2) is 0 Å². The first-order valence-electron chi connectivity index (χ1n) is 6.62. The van der Waals surface area contributed by atoms with Gasteiger partial charge in [-0.2, -0.15) is 8.78 Å². The van der Waals surface area contributed by atoms with Gasteiger partial charge in [0.05, 0.1) is 7.11 Å². The van der Waals surface area contributed by atoms with Crippen LogP contribution in [0.25, 0.3) is 0 Å². The van der Waals surface area contributed by atoms with Crippen molar-refractivity contribution < 1.29 is 23.0 Å². The number of carbonyl (C=O) groups excluding carboxylic acids is 1. The molecule has 1 atom stereocenters. The lowest BCUT2D eigenvalue weighted by Gasteiger charge is -2.14. The van der Waals surface area contributed by atoms with E-state index >= 15 is 0 Å². The highest BCUT2D eigenvalue weighted by molar-refractivity contribution is 5.94. The Kier molecular flexibility index (Phi) is 6.87. The normalized spacial score (nSPS) is 12.1. The van der Waals surface area contributed by atoms with E-state index in [0.717, 1.165) is 6.54 Å². The van der Waals surface area contributed by atoms with Crippen LogP contribution in [0.3, 0.4) is 0 Å². The predicted octanol–water partition coefficient (Wildman–Crippen LogP) is 2.02. The molecular weight excluding hydrogens is 282 g/mol. The smallest absolute Gasteiger partial charge is 0.387 e. The Balaban J connectivity index is 2.75. The standard InChI is InChI=1S/C14H20F2N2O3/c1-4-17-9(2)8-18-13(19)10-5-6-11(20-3)12(7-10)21-14(15)16/h5-7,9,14,17H,4,8H2,1-3H3,(H,18,19)/t9-/m1/s1. The van der Waals surface area contributed by atoms with E-state index in [1.165, 1.54) is 25.3 Å². The van der Waals surface area contributed by atoms with Gasteiger partial charge in [0.2, 0.25) is 0 Å². The quantitative estimate of drug-likeness (QED) is 0.771. The number of benzene rings is 1. The molecule has 21 heavy (non-hydrogen) atoms. The van der Waals surface area contributed by atoms with Gasteiger partial charge in [0.15, 0.2) is 11.5 Å². The van der Waals surface area contributed by atoms with E-state index in [4.69, 9.17) is 4.74 Å². The second kappa shape index (κ2) is 8.41. The van der Waals surface area contributed by atoms with E-state index in [1.807, 2.05) is 13.8 Å². The molecule has 2 N–H and O–H groups in total. The number of alkyl halides is 2. The molecule has 0 aliphatic carbocycles. The molecule has 1 rings (SSSR count). The van der Waals surface area contributed by atoms with Crippen LogP contribution in [0.5, 0.6) is 11.5 Å². The van der Waals surface area contributed by atoms with Crippen LogP contribution in [0.4, 0.5) is 8.78 Å². The maximum absolute atomic E-state index is 12.3. The van der Waals surface area contributed by atoms with Gasteiger partial charge in [-0.3, -0.25) is 4.79 Å². The van der Waals surface area contributed by atoms with E-state index in [-0.39, 0.29) is 29.0 Å². The first-order valence-corrected chi connectivity index (χ1v) is 6.62. The van der Waals surface area contributed by atoms with Crippen molar-refractivity contribution in [2.24, 2.45) is 0 Å². The number of ether oxygens (including phenoxy) is 2. The summed E-state index contributed by atoms with van der Waals surface area (Å²) < 4.78 is 33.9. The van der Waals surface area contributed by atoms with Crippen molar-refractivity contribution in [1.82, 2.24) is 10.6 Å². The van der Waals surface area contributed by atoms with Gasteiger partial charge in [0, 0.05) is 18.2 Å². The van der Waals surface area contributed by atoms with Crippen molar-refractivity contribution in [1.29, 1.82) is 0 Å². The van der Waals surface area contributed by atoms with Crippen LogP contribution < -0.4 is 20.1 Å². The number of amides is 1. The van der Waals surface area contributed by atoms with E-state index in [9.17, 15) is 13.6 Å². The molecule has 118 valence electrons. The Morgan fingerprint density at radius 1 is 1.33 bits per heavy atom. The Labute approximate surface area is 122 Å². The highest BCUT2D eigenvalue weighted by Gasteiger charge is 2.14. The molecule has 0 radical (unpaired) electrons. The van der Waals surface area contributed by atoms with Crippen LogP contribution in [-0.2, 0) is 0 Å². The Bertz CT molecular complexity index is 470. The fourth-order valence-corrected chi connectivity index (χ4v) is 1.77. The largest absolute Gasteiger partial charge is 0.493 e. The molecule has 0 saturated carbocycles. The van der Waals surface area contributed by atoms with E-state index in [2.05, 4.69) is 15.4 Å². The summed E-state index contributed by atoms with van der Waals surface area (Å²) in [4.78, 5) is 12.0. The zero-order valence-corrected chi connectivity index (χ0v) is 12.3. The number of carbonyl (C=O) groups is 1. The maximum Gasteiger partial charge on any atom is 0.387 e. The Morgan fingerprint density at radius 2 is 2.05 bits per heavy atom. The van der Waals surface area contributed by atoms with Crippen LogP contribution in [0.1, 0.15) is 24.2 Å². The fraction of sp³-hybridized carbons (Fsp3) is 0.500. The summed E-state index contributed by atoms with van der Waals surface area (Å²) in [6.07, 6.45) is 0. The van der Waals surface area contributed by atoms with Gasteiger partial charge in [-0.1, -0.05) is 6.92 Å². The second-order valence-electron chi connectivity index (χ2n) is 4.41. The van der Waals surface area contributed by atoms with Crippen molar-refractivity contribution in [2.75, 3.05) is 20.2 Å². The molecule has 7 heteroatoms. The third kappa shape index (κ3) is 5.55. The van der Waals surface area contributed by atoms with E-state index in [1.54, 1.807) is 0 Å². The van der Waals surface area contributed by atoms with Crippen molar-refractivity contribution in [3.8, 4) is 11.5 Å². The average Bonchev–Trinajstić information content (AvgIpc) is 2.44. The zero-order chi connectivity index (χ0) is 15.8. The van der Waals surface area contributed by atoms with Crippen LogP contribution in [0.15, 0.2) is 18.2 Å². The number of hydrogen-bond acceptors (Lipinski definition) is 4. The lowest BCUT2D eigenvalue weighted by molar-refractivity contribution is -0.0512. The minimum atomic E-state index is -2.98. The second-order valence-corrected chi connectivity index (χ2v) is 4.41. The van der Waals surface area contributed by atoms with Crippen LogP contribution in [-0.4, -0.2) is 38.8 Å². The number of halogens is 2. The molecule has 1 amide bonds. The molecule has 0 heterocycles. The first-order chi connectivity index (χ1) is 9.97. The average molecular weight is 302 g/mol. The third-order valence-electron chi connectivity index (χ3n) is 2.76. The highest BCUT2D eigenvalue weighted by atomic mass is 19.3. The minimum absolute atomic E-state index is 0.119. The van der Waals surface area contributed by atoms with Crippen LogP contribution >= 0.6 is 0 Å². The van der Waals surface area contributed by atoms with Crippen molar-refractivity contribution in [3.05, 3.63) is 23.8 Å². The fourth-order valence-electron chi connectivity index (χ4n) is 1.77. The van der Waals surface area contributed by atoms with E-state index in [0.29, 0.717) is 6.54 Å². The summed E-state index contributed by atoms with van der Waals surface area (Å²) in [5.41, 5.74) is 0.232. The number of methoxy groups -OCH3 is 1. The molecule has 1 aromatic rings. The maximum atomic E-state index is 12.3. The molecule has 5 nitrogen and oxygen atoms in total. The molecule has 0 saturated heterocycles. The molecule has 0 aromatic heterocycles. The van der Waals surface area contributed by atoms with Crippen molar-refractivity contribution in [3.63, 3.8) is 0 Å². The lowest BCUT2D eigenvalue weighted by atomic mass is 10.2. The summed E-state index contributed by atoms with van der Waals surface area (Å²) in [6.45, 7) is 2.15. The van der Waals surface area contributed by atoms with Gasteiger partial charge in [-0.15, -0.1) is 0 Å². The molecule has 0 aliphatic rings.